The number of fused-ring (bicyclic) bond motifs is 1. The van der Waals surface area contributed by atoms with E-state index in [9.17, 15) is 26.4 Å². The minimum atomic E-state index is -4.82. The average molecular weight is 440 g/mol. The van der Waals surface area contributed by atoms with E-state index in [4.69, 9.17) is 0 Å². The third kappa shape index (κ3) is 4.23. The van der Waals surface area contributed by atoms with Gasteiger partial charge >= 0.3 is 6.36 Å². The largest absolute Gasteiger partial charge is 0.573 e. The van der Waals surface area contributed by atoms with Crippen molar-refractivity contribution in [1.29, 1.82) is 0 Å². The second-order valence-corrected chi connectivity index (χ2v) is 9.19. The fraction of sp³-hybridized carbons (Fsp3) is 0.350. The van der Waals surface area contributed by atoms with E-state index >= 15 is 0 Å². The van der Waals surface area contributed by atoms with Crippen molar-refractivity contribution in [2.45, 2.75) is 43.5 Å². The van der Waals surface area contributed by atoms with E-state index in [1.807, 2.05) is 6.92 Å². The summed E-state index contributed by atoms with van der Waals surface area (Å²) >= 11 is 0. The van der Waals surface area contributed by atoms with Crippen molar-refractivity contribution in [1.82, 2.24) is 0 Å². The summed E-state index contributed by atoms with van der Waals surface area (Å²) in [4.78, 5) is 14.3. The molecule has 0 saturated heterocycles. The van der Waals surface area contributed by atoms with Crippen LogP contribution in [-0.2, 0) is 21.2 Å². The molecular formula is C20H19F3N2O4S. The van der Waals surface area contributed by atoms with Crippen molar-refractivity contribution < 1.29 is 31.1 Å². The number of hydrogen-bond donors (Lipinski definition) is 1. The highest BCUT2D eigenvalue weighted by atomic mass is 32.2. The Bertz CT molecular complexity index is 1080. The number of benzene rings is 2. The number of sulfonamides is 1. The molecule has 6 nitrogen and oxygen atoms in total. The van der Waals surface area contributed by atoms with Crippen LogP contribution in [0.5, 0.6) is 5.75 Å². The fourth-order valence-electron chi connectivity index (χ4n) is 3.58. The zero-order chi connectivity index (χ0) is 21.7. The lowest BCUT2D eigenvalue weighted by molar-refractivity contribution is -0.274. The zero-order valence-corrected chi connectivity index (χ0v) is 16.8. The Hall–Kier alpha value is -2.75. The highest BCUT2D eigenvalue weighted by Gasteiger charge is 2.39. The van der Waals surface area contributed by atoms with E-state index < -0.39 is 22.1 Å². The molecule has 1 atom stereocenters. The Balaban J connectivity index is 1.53. The lowest BCUT2D eigenvalue weighted by Gasteiger charge is -2.22. The number of alkyl halides is 3. The fourth-order valence-corrected chi connectivity index (χ4v) is 4.68. The van der Waals surface area contributed by atoms with Crippen LogP contribution in [0.4, 0.5) is 24.5 Å². The molecule has 160 valence electrons. The van der Waals surface area contributed by atoms with Crippen LogP contribution >= 0.6 is 0 Å². The maximum atomic E-state index is 12.7. The van der Waals surface area contributed by atoms with E-state index in [1.54, 1.807) is 11.0 Å². The van der Waals surface area contributed by atoms with Crippen LogP contribution < -0.4 is 14.4 Å². The summed E-state index contributed by atoms with van der Waals surface area (Å²) in [5, 5.41) is 0. The molecule has 2 aliphatic rings. The quantitative estimate of drug-likeness (QED) is 0.761. The smallest absolute Gasteiger partial charge is 0.406 e. The molecule has 1 heterocycles. The van der Waals surface area contributed by atoms with Gasteiger partial charge < -0.3 is 9.64 Å². The van der Waals surface area contributed by atoms with Crippen LogP contribution in [0.2, 0.25) is 0 Å². The van der Waals surface area contributed by atoms with Gasteiger partial charge in [-0.25, -0.2) is 8.42 Å². The van der Waals surface area contributed by atoms with Gasteiger partial charge in [0.05, 0.1) is 4.90 Å². The maximum absolute atomic E-state index is 12.7. The highest BCUT2D eigenvalue weighted by Crippen LogP contribution is 2.39. The molecule has 4 rings (SSSR count). The minimum Gasteiger partial charge on any atom is -0.406 e. The first-order valence-corrected chi connectivity index (χ1v) is 10.9. The summed E-state index contributed by atoms with van der Waals surface area (Å²) < 4.78 is 68.3. The number of carbonyl (C=O) groups excluding carboxylic acids is 1. The van der Waals surface area contributed by atoms with Crippen molar-refractivity contribution in [3.05, 3.63) is 48.0 Å². The van der Waals surface area contributed by atoms with Crippen LogP contribution in [0.1, 0.15) is 25.3 Å². The van der Waals surface area contributed by atoms with Crippen LogP contribution in [0.3, 0.4) is 0 Å². The molecule has 2 aromatic carbocycles. The third-order valence-corrected chi connectivity index (χ3v) is 6.46. The summed E-state index contributed by atoms with van der Waals surface area (Å²) in [5.74, 6) is -0.304. The Morgan fingerprint density at radius 2 is 1.80 bits per heavy atom. The Kier molecular flexibility index (Phi) is 4.92. The Morgan fingerprint density at radius 3 is 2.40 bits per heavy atom. The molecule has 1 aliphatic heterocycles. The molecule has 1 N–H and O–H groups in total. The van der Waals surface area contributed by atoms with Crippen LogP contribution in [0, 0.1) is 5.92 Å². The molecule has 1 fully saturated rings. The molecule has 1 unspecified atom stereocenters. The summed E-state index contributed by atoms with van der Waals surface area (Å²) in [7, 11) is -3.96. The molecule has 0 spiro atoms. The van der Waals surface area contributed by atoms with E-state index in [-0.39, 0.29) is 28.4 Å². The number of rotatable bonds is 5. The summed E-state index contributed by atoms with van der Waals surface area (Å²) in [5.41, 5.74) is 1.60. The van der Waals surface area contributed by atoms with Gasteiger partial charge in [0, 0.05) is 23.3 Å². The van der Waals surface area contributed by atoms with Gasteiger partial charge in [-0.3, -0.25) is 9.52 Å². The predicted octanol–water partition coefficient (Wildman–Crippen LogP) is 4.07. The first-order valence-electron chi connectivity index (χ1n) is 9.38. The molecular weight excluding hydrogens is 421 g/mol. The van der Waals surface area contributed by atoms with Crippen molar-refractivity contribution >= 4 is 27.3 Å². The van der Waals surface area contributed by atoms with Crippen LogP contribution in [0.25, 0.3) is 0 Å². The van der Waals surface area contributed by atoms with Crippen molar-refractivity contribution in [2.75, 3.05) is 9.62 Å². The van der Waals surface area contributed by atoms with E-state index in [0.29, 0.717) is 6.42 Å². The zero-order valence-electron chi connectivity index (χ0n) is 15.9. The molecule has 1 aliphatic carbocycles. The number of hydrogen-bond acceptors (Lipinski definition) is 4. The maximum Gasteiger partial charge on any atom is 0.573 e. The van der Waals surface area contributed by atoms with Gasteiger partial charge in [0.2, 0.25) is 5.91 Å². The lowest BCUT2D eigenvalue weighted by atomic mass is 10.1. The van der Waals surface area contributed by atoms with Crippen LogP contribution in [-0.4, -0.2) is 26.7 Å². The van der Waals surface area contributed by atoms with E-state index in [1.165, 1.54) is 24.3 Å². The van der Waals surface area contributed by atoms with Gasteiger partial charge in [-0.05, 0) is 74.2 Å². The molecule has 0 radical (unpaired) electrons. The molecule has 0 bridgehead atoms. The summed E-state index contributed by atoms with van der Waals surface area (Å²) in [6.45, 7) is 1.93. The van der Waals surface area contributed by atoms with Crippen molar-refractivity contribution in [3.63, 3.8) is 0 Å². The van der Waals surface area contributed by atoms with Crippen molar-refractivity contribution in [2.24, 2.45) is 5.92 Å². The highest BCUT2D eigenvalue weighted by molar-refractivity contribution is 7.92. The summed E-state index contributed by atoms with van der Waals surface area (Å²) in [6, 6.07) is 8.97. The van der Waals surface area contributed by atoms with Gasteiger partial charge in [0.1, 0.15) is 5.75 Å². The standard InChI is InChI=1S/C20H19F3N2O4S/c1-12-10-14-11-17(8-9-18(14)25(12)19(26)13-2-3-13)30(27,28)24-15-4-6-16(7-5-15)29-20(21,22)23/h4-9,11-13,24H,2-3,10H2,1H3. The molecule has 0 aromatic heterocycles. The number of halogens is 3. The lowest BCUT2D eigenvalue weighted by Crippen LogP contribution is -2.36. The normalized spacial score (nSPS) is 18.8. The number of nitrogens with one attached hydrogen (secondary N) is 1. The summed E-state index contributed by atoms with van der Waals surface area (Å²) in [6.07, 6.45) is -2.49. The average Bonchev–Trinajstić information content (AvgIpc) is 3.43. The molecule has 1 saturated carbocycles. The Morgan fingerprint density at radius 1 is 1.13 bits per heavy atom. The number of anilines is 2. The van der Waals surface area contributed by atoms with Gasteiger partial charge in [-0.1, -0.05) is 0 Å². The molecule has 30 heavy (non-hydrogen) atoms. The monoisotopic (exact) mass is 440 g/mol. The SMILES string of the molecule is CC1Cc2cc(S(=O)(=O)Nc3ccc(OC(F)(F)F)cc3)ccc2N1C(=O)C1CC1. The second-order valence-electron chi connectivity index (χ2n) is 7.50. The van der Waals surface area contributed by atoms with Gasteiger partial charge in [-0.2, -0.15) is 0 Å². The molecule has 2 aromatic rings. The first kappa shape index (κ1) is 20.5. The van der Waals surface area contributed by atoms with Gasteiger partial charge in [0.25, 0.3) is 10.0 Å². The van der Waals surface area contributed by atoms with Gasteiger partial charge in [0.15, 0.2) is 0 Å². The minimum absolute atomic E-state index is 0.0183. The topological polar surface area (TPSA) is 75.7 Å². The number of ether oxygens (including phenoxy) is 1. The Labute approximate surface area is 171 Å². The number of carbonyl (C=O) groups is 1. The number of nitrogens with zero attached hydrogens (tertiary/aromatic N) is 1. The third-order valence-electron chi connectivity index (χ3n) is 5.08. The van der Waals surface area contributed by atoms with Crippen molar-refractivity contribution in [3.8, 4) is 5.75 Å². The van der Waals surface area contributed by atoms with Gasteiger partial charge in [-0.15, -0.1) is 13.2 Å². The van der Waals surface area contributed by atoms with Crippen LogP contribution in [0.15, 0.2) is 47.4 Å². The van der Waals surface area contributed by atoms with E-state index in [2.05, 4.69) is 9.46 Å². The second kappa shape index (κ2) is 7.19. The predicted molar refractivity (Wildman–Crippen MR) is 104 cm³/mol. The van der Waals surface area contributed by atoms with E-state index in [0.717, 1.165) is 36.2 Å². The number of amides is 1. The molecule has 1 amide bonds. The molecule has 10 heteroatoms. The first-order chi connectivity index (χ1) is 14.0.